The lowest BCUT2D eigenvalue weighted by Crippen LogP contribution is -2.46. The number of carbonyl (C=O) groups is 1. The van der Waals surface area contributed by atoms with E-state index in [1.807, 2.05) is 6.92 Å². The highest BCUT2D eigenvalue weighted by atomic mass is 16.5. The SMILES string of the molecule is CCC1CC(C)C([C@H](NC)C(=O)O)O1. The summed E-state index contributed by atoms with van der Waals surface area (Å²) in [7, 11) is 1.66. The maximum Gasteiger partial charge on any atom is 0.323 e. The van der Waals surface area contributed by atoms with Crippen molar-refractivity contribution < 1.29 is 14.6 Å². The van der Waals surface area contributed by atoms with Gasteiger partial charge < -0.3 is 15.2 Å². The Kier molecular flexibility index (Phi) is 3.89. The number of aliphatic carboxylic acids is 1. The largest absolute Gasteiger partial charge is 0.480 e. The van der Waals surface area contributed by atoms with E-state index in [1.54, 1.807) is 7.05 Å². The van der Waals surface area contributed by atoms with Gasteiger partial charge in [-0.2, -0.15) is 0 Å². The van der Waals surface area contributed by atoms with Gasteiger partial charge in [0.05, 0.1) is 12.2 Å². The van der Waals surface area contributed by atoms with Crippen molar-refractivity contribution in [1.29, 1.82) is 0 Å². The van der Waals surface area contributed by atoms with Gasteiger partial charge in [0, 0.05) is 0 Å². The van der Waals surface area contributed by atoms with Gasteiger partial charge in [0.2, 0.25) is 0 Å². The Morgan fingerprint density at radius 2 is 2.36 bits per heavy atom. The molecule has 0 saturated carbocycles. The van der Waals surface area contributed by atoms with Gasteiger partial charge in [0.15, 0.2) is 0 Å². The summed E-state index contributed by atoms with van der Waals surface area (Å²) in [5, 5.41) is 11.8. The van der Waals surface area contributed by atoms with Crippen molar-refractivity contribution in [1.82, 2.24) is 5.32 Å². The van der Waals surface area contributed by atoms with E-state index in [9.17, 15) is 4.79 Å². The van der Waals surface area contributed by atoms with Gasteiger partial charge >= 0.3 is 5.97 Å². The molecule has 0 spiro atoms. The molecular formula is C10H19NO3. The standard InChI is InChI=1S/C10H19NO3/c1-4-7-5-6(2)9(14-7)8(11-3)10(12)13/h6-9,11H,4-5H2,1-3H3,(H,12,13)/t6?,7?,8-,9?/m0/s1. The summed E-state index contributed by atoms with van der Waals surface area (Å²) < 4.78 is 5.69. The second-order valence-electron chi connectivity index (χ2n) is 3.95. The van der Waals surface area contributed by atoms with Crippen LogP contribution in [0.4, 0.5) is 0 Å². The quantitative estimate of drug-likeness (QED) is 0.708. The number of rotatable bonds is 4. The fourth-order valence-corrected chi connectivity index (χ4v) is 2.06. The predicted molar refractivity (Wildman–Crippen MR) is 53.2 cm³/mol. The van der Waals surface area contributed by atoms with E-state index in [-0.39, 0.29) is 12.2 Å². The van der Waals surface area contributed by atoms with E-state index in [4.69, 9.17) is 9.84 Å². The minimum atomic E-state index is -0.832. The second-order valence-corrected chi connectivity index (χ2v) is 3.95. The van der Waals surface area contributed by atoms with Gasteiger partial charge in [-0.3, -0.25) is 4.79 Å². The number of hydrogen-bond donors (Lipinski definition) is 2. The molecule has 3 unspecified atom stereocenters. The average Bonchev–Trinajstić information content (AvgIpc) is 2.48. The normalized spacial score (nSPS) is 34.4. The highest BCUT2D eigenvalue weighted by molar-refractivity contribution is 5.74. The van der Waals surface area contributed by atoms with Gasteiger partial charge in [-0.15, -0.1) is 0 Å². The number of hydrogen-bond acceptors (Lipinski definition) is 3. The van der Waals surface area contributed by atoms with Gasteiger partial charge in [0.25, 0.3) is 0 Å². The monoisotopic (exact) mass is 201 g/mol. The third-order valence-corrected chi connectivity index (χ3v) is 2.91. The summed E-state index contributed by atoms with van der Waals surface area (Å²) in [4.78, 5) is 10.9. The molecule has 14 heavy (non-hydrogen) atoms. The minimum absolute atomic E-state index is 0.192. The molecule has 4 atom stereocenters. The van der Waals surface area contributed by atoms with Crippen molar-refractivity contribution in [3.63, 3.8) is 0 Å². The third kappa shape index (κ3) is 2.25. The zero-order chi connectivity index (χ0) is 10.7. The van der Waals surface area contributed by atoms with Gasteiger partial charge in [0.1, 0.15) is 6.04 Å². The number of carboxylic acid groups (broad SMARTS) is 1. The molecule has 4 heteroatoms. The van der Waals surface area contributed by atoms with Gasteiger partial charge in [-0.25, -0.2) is 0 Å². The average molecular weight is 201 g/mol. The maximum absolute atomic E-state index is 10.9. The van der Waals surface area contributed by atoms with Crippen molar-refractivity contribution in [2.24, 2.45) is 5.92 Å². The number of nitrogens with one attached hydrogen (secondary N) is 1. The minimum Gasteiger partial charge on any atom is -0.480 e. The Balaban J connectivity index is 2.63. The molecule has 0 bridgehead atoms. The first-order valence-corrected chi connectivity index (χ1v) is 5.15. The molecule has 0 amide bonds. The van der Waals surface area contributed by atoms with Crippen LogP contribution in [0.5, 0.6) is 0 Å². The highest BCUT2D eigenvalue weighted by Crippen LogP contribution is 2.29. The lowest BCUT2D eigenvalue weighted by Gasteiger charge is -2.22. The first kappa shape index (κ1) is 11.5. The number of ether oxygens (including phenoxy) is 1. The van der Waals surface area contributed by atoms with Crippen LogP contribution in [-0.2, 0) is 9.53 Å². The lowest BCUT2D eigenvalue weighted by molar-refractivity contribution is -0.144. The molecule has 1 rings (SSSR count). The van der Waals surface area contributed by atoms with Crippen LogP contribution in [0.2, 0.25) is 0 Å². The molecule has 1 aliphatic heterocycles. The molecule has 1 aliphatic rings. The topological polar surface area (TPSA) is 58.6 Å². The molecular weight excluding hydrogens is 182 g/mol. The van der Waals surface area contributed by atoms with Gasteiger partial charge in [-0.1, -0.05) is 13.8 Å². The zero-order valence-corrected chi connectivity index (χ0v) is 8.99. The Morgan fingerprint density at radius 1 is 1.71 bits per heavy atom. The van der Waals surface area contributed by atoms with Crippen LogP contribution in [0.1, 0.15) is 26.7 Å². The lowest BCUT2D eigenvalue weighted by atomic mass is 9.96. The Labute approximate surface area is 84.6 Å². The van der Waals surface area contributed by atoms with Crippen LogP contribution in [0.3, 0.4) is 0 Å². The Morgan fingerprint density at radius 3 is 2.71 bits per heavy atom. The molecule has 82 valence electrons. The summed E-state index contributed by atoms with van der Waals surface area (Å²) in [5.74, 6) is -0.519. The summed E-state index contributed by atoms with van der Waals surface area (Å²) in [6.07, 6.45) is 1.96. The number of carboxylic acids is 1. The molecule has 0 aromatic carbocycles. The van der Waals surface area contributed by atoms with Crippen LogP contribution >= 0.6 is 0 Å². The third-order valence-electron chi connectivity index (χ3n) is 2.91. The molecule has 1 heterocycles. The van der Waals surface area contributed by atoms with E-state index < -0.39 is 12.0 Å². The molecule has 0 aromatic heterocycles. The van der Waals surface area contributed by atoms with Crippen LogP contribution in [0.25, 0.3) is 0 Å². The molecule has 4 nitrogen and oxygen atoms in total. The van der Waals surface area contributed by atoms with Crippen molar-refractivity contribution in [3.8, 4) is 0 Å². The van der Waals surface area contributed by atoms with Crippen LogP contribution in [-0.4, -0.2) is 36.4 Å². The molecule has 1 saturated heterocycles. The molecule has 1 fully saturated rings. The van der Waals surface area contributed by atoms with E-state index >= 15 is 0 Å². The highest BCUT2D eigenvalue weighted by Gasteiger charge is 2.39. The Bertz CT molecular complexity index is 208. The fourth-order valence-electron chi connectivity index (χ4n) is 2.06. The van der Waals surface area contributed by atoms with Crippen molar-refractivity contribution in [2.45, 2.75) is 44.9 Å². The summed E-state index contributed by atoms with van der Waals surface area (Å²) in [6.45, 7) is 4.11. The van der Waals surface area contributed by atoms with Crippen LogP contribution < -0.4 is 5.32 Å². The van der Waals surface area contributed by atoms with E-state index in [0.29, 0.717) is 5.92 Å². The van der Waals surface area contributed by atoms with E-state index in [0.717, 1.165) is 12.8 Å². The van der Waals surface area contributed by atoms with E-state index in [2.05, 4.69) is 12.2 Å². The van der Waals surface area contributed by atoms with Crippen LogP contribution in [0, 0.1) is 5.92 Å². The first-order valence-electron chi connectivity index (χ1n) is 5.15. The van der Waals surface area contributed by atoms with Crippen molar-refractivity contribution in [3.05, 3.63) is 0 Å². The van der Waals surface area contributed by atoms with Gasteiger partial charge in [-0.05, 0) is 25.8 Å². The Hall–Kier alpha value is -0.610. The molecule has 2 N–H and O–H groups in total. The second kappa shape index (κ2) is 4.75. The van der Waals surface area contributed by atoms with Crippen molar-refractivity contribution >= 4 is 5.97 Å². The summed E-state index contributed by atoms with van der Waals surface area (Å²) in [5.41, 5.74) is 0. The predicted octanol–water partition coefficient (Wildman–Crippen LogP) is 0.863. The van der Waals surface area contributed by atoms with Crippen LogP contribution in [0.15, 0.2) is 0 Å². The summed E-state index contributed by atoms with van der Waals surface area (Å²) in [6, 6.07) is -0.582. The smallest absolute Gasteiger partial charge is 0.323 e. The van der Waals surface area contributed by atoms with E-state index in [1.165, 1.54) is 0 Å². The summed E-state index contributed by atoms with van der Waals surface area (Å²) >= 11 is 0. The fraction of sp³-hybridized carbons (Fsp3) is 0.900. The number of likely N-dealkylation sites (N-methyl/N-ethyl adjacent to an activating group) is 1. The molecule has 0 aromatic rings. The maximum atomic E-state index is 10.9. The first-order chi connectivity index (χ1) is 6.60. The molecule has 0 aliphatic carbocycles. The molecule has 0 radical (unpaired) electrons. The zero-order valence-electron chi connectivity index (χ0n) is 8.99. The van der Waals surface area contributed by atoms with Crippen molar-refractivity contribution in [2.75, 3.05) is 7.05 Å².